The Morgan fingerprint density at radius 3 is 2.83 bits per heavy atom. The van der Waals surface area contributed by atoms with Crippen molar-refractivity contribution in [3.05, 3.63) is 17.5 Å². The molecule has 0 aliphatic carbocycles. The Bertz CT molecular complexity index is 685. The molecule has 0 aliphatic heterocycles. The molecule has 0 saturated heterocycles. The van der Waals surface area contributed by atoms with E-state index in [-0.39, 0.29) is 11.9 Å². The van der Waals surface area contributed by atoms with Gasteiger partial charge in [-0.3, -0.25) is 9.20 Å². The first kappa shape index (κ1) is 18.7. The van der Waals surface area contributed by atoms with Gasteiger partial charge < -0.3 is 5.32 Å². The fourth-order valence-corrected chi connectivity index (χ4v) is 3.49. The summed E-state index contributed by atoms with van der Waals surface area (Å²) in [6.07, 6.45) is 5.94. The molecule has 132 valence electrons. The average molecular weight is 350 g/mol. The third-order valence-corrected chi connectivity index (χ3v) is 4.82. The fraction of sp³-hybridized carbons (Fsp3) is 0.647. The molecule has 0 aliphatic rings. The molecule has 2 aromatic rings. The standard InChI is InChI=1S/C17H27N5OS/c1-5-6-7-8-9-12(2)18-15(23)11-24-17-21-20-16-19-13(3)10-14(4)22(16)17/h10,12H,5-9,11H2,1-4H3,(H,18,23)/t12-/m0/s1. The van der Waals surface area contributed by atoms with Crippen molar-refractivity contribution in [1.82, 2.24) is 24.9 Å². The van der Waals surface area contributed by atoms with Crippen molar-refractivity contribution in [1.29, 1.82) is 0 Å². The maximum atomic E-state index is 12.1. The number of aromatic nitrogens is 4. The molecule has 7 heteroatoms. The Kier molecular flexibility index (Phi) is 7.02. The highest BCUT2D eigenvalue weighted by molar-refractivity contribution is 7.99. The van der Waals surface area contributed by atoms with E-state index in [0.29, 0.717) is 16.7 Å². The van der Waals surface area contributed by atoms with Crippen molar-refractivity contribution in [2.45, 2.75) is 71.0 Å². The smallest absolute Gasteiger partial charge is 0.256 e. The third-order valence-electron chi connectivity index (χ3n) is 3.89. The summed E-state index contributed by atoms with van der Waals surface area (Å²) in [7, 11) is 0. The zero-order valence-electron chi connectivity index (χ0n) is 15.0. The number of nitrogens with zero attached hydrogens (tertiary/aromatic N) is 4. The lowest BCUT2D eigenvalue weighted by Crippen LogP contribution is -2.33. The molecule has 0 bridgehead atoms. The SMILES string of the molecule is CCCCCC[C@H](C)NC(=O)CSc1nnc2nc(C)cc(C)n12. The van der Waals surface area contributed by atoms with Gasteiger partial charge in [0.1, 0.15) is 0 Å². The van der Waals surface area contributed by atoms with E-state index in [1.807, 2.05) is 24.3 Å². The highest BCUT2D eigenvalue weighted by Crippen LogP contribution is 2.18. The van der Waals surface area contributed by atoms with Gasteiger partial charge >= 0.3 is 0 Å². The number of carbonyl (C=O) groups is 1. The molecule has 0 aromatic carbocycles. The Labute approximate surface area is 147 Å². The van der Waals surface area contributed by atoms with Crippen LogP contribution in [0.25, 0.3) is 5.78 Å². The van der Waals surface area contributed by atoms with Crippen LogP contribution in [-0.2, 0) is 4.79 Å². The molecule has 2 aromatic heterocycles. The topological polar surface area (TPSA) is 72.2 Å². The van der Waals surface area contributed by atoms with Crippen LogP contribution in [0.3, 0.4) is 0 Å². The molecule has 0 saturated carbocycles. The van der Waals surface area contributed by atoms with Crippen LogP contribution in [0.5, 0.6) is 0 Å². The van der Waals surface area contributed by atoms with Gasteiger partial charge in [0.05, 0.1) is 5.75 Å². The van der Waals surface area contributed by atoms with Crippen LogP contribution in [0.15, 0.2) is 11.2 Å². The molecule has 0 fully saturated rings. The van der Waals surface area contributed by atoms with Gasteiger partial charge in [-0.05, 0) is 33.3 Å². The van der Waals surface area contributed by atoms with Gasteiger partial charge in [0.15, 0.2) is 5.16 Å². The van der Waals surface area contributed by atoms with Crippen LogP contribution in [0.2, 0.25) is 0 Å². The number of thioether (sulfide) groups is 1. The predicted molar refractivity (Wildman–Crippen MR) is 97.3 cm³/mol. The number of fused-ring (bicyclic) bond motifs is 1. The summed E-state index contributed by atoms with van der Waals surface area (Å²) in [4.78, 5) is 16.5. The molecule has 0 spiro atoms. The first-order valence-electron chi connectivity index (χ1n) is 8.62. The first-order valence-corrected chi connectivity index (χ1v) is 9.61. The Balaban J connectivity index is 1.84. The van der Waals surface area contributed by atoms with Gasteiger partial charge in [-0.25, -0.2) is 4.98 Å². The normalized spacial score (nSPS) is 12.5. The number of hydrogen-bond donors (Lipinski definition) is 1. The highest BCUT2D eigenvalue weighted by Gasteiger charge is 2.13. The molecule has 2 rings (SSSR count). The number of unbranched alkanes of at least 4 members (excludes halogenated alkanes) is 3. The summed E-state index contributed by atoms with van der Waals surface area (Å²) >= 11 is 1.40. The second-order valence-electron chi connectivity index (χ2n) is 6.26. The molecular weight excluding hydrogens is 322 g/mol. The summed E-state index contributed by atoms with van der Waals surface area (Å²) in [5.74, 6) is 0.963. The molecule has 2 heterocycles. The largest absolute Gasteiger partial charge is 0.353 e. The van der Waals surface area contributed by atoms with Crippen molar-refractivity contribution >= 4 is 23.4 Å². The summed E-state index contributed by atoms with van der Waals surface area (Å²) < 4.78 is 1.89. The van der Waals surface area contributed by atoms with Gasteiger partial charge in [-0.2, -0.15) is 0 Å². The zero-order valence-corrected chi connectivity index (χ0v) is 15.8. The number of aryl methyl sites for hydroxylation is 2. The zero-order chi connectivity index (χ0) is 17.5. The van der Waals surface area contributed by atoms with Crippen molar-refractivity contribution in [2.75, 3.05) is 5.75 Å². The molecule has 1 N–H and O–H groups in total. The summed E-state index contributed by atoms with van der Waals surface area (Å²) in [5, 5.41) is 12.0. The lowest BCUT2D eigenvalue weighted by molar-refractivity contribution is -0.119. The average Bonchev–Trinajstić information content (AvgIpc) is 2.92. The minimum atomic E-state index is 0.0393. The highest BCUT2D eigenvalue weighted by atomic mass is 32.2. The quantitative estimate of drug-likeness (QED) is 0.555. The summed E-state index contributed by atoms with van der Waals surface area (Å²) in [6, 6.07) is 2.20. The Morgan fingerprint density at radius 2 is 2.08 bits per heavy atom. The Hall–Kier alpha value is -1.63. The van der Waals surface area contributed by atoms with Crippen LogP contribution >= 0.6 is 11.8 Å². The van der Waals surface area contributed by atoms with Crippen LogP contribution in [-0.4, -0.2) is 37.3 Å². The van der Waals surface area contributed by atoms with Gasteiger partial charge in [-0.1, -0.05) is 44.4 Å². The summed E-state index contributed by atoms with van der Waals surface area (Å²) in [5.41, 5.74) is 1.94. The van der Waals surface area contributed by atoms with Crippen molar-refractivity contribution in [2.24, 2.45) is 0 Å². The number of hydrogen-bond acceptors (Lipinski definition) is 5. The molecular formula is C17H27N5OS. The fourth-order valence-electron chi connectivity index (χ4n) is 2.69. The van der Waals surface area contributed by atoms with E-state index in [1.165, 1.54) is 37.4 Å². The van der Waals surface area contributed by atoms with E-state index in [1.54, 1.807) is 0 Å². The van der Waals surface area contributed by atoms with E-state index in [9.17, 15) is 4.79 Å². The maximum absolute atomic E-state index is 12.1. The second kappa shape index (κ2) is 9.01. The molecule has 0 unspecified atom stereocenters. The summed E-state index contributed by atoms with van der Waals surface area (Å²) in [6.45, 7) is 8.20. The van der Waals surface area contributed by atoms with E-state index < -0.39 is 0 Å². The Morgan fingerprint density at radius 1 is 1.29 bits per heavy atom. The number of amides is 1. The monoisotopic (exact) mass is 349 g/mol. The predicted octanol–water partition coefficient (Wildman–Crippen LogP) is 3.31. The number of nitrogens with one attached hydrogen (secondary N) is 1. The minimum absolute atomic E-state index is 0.0393. The maximum Gasteiger partial charge on any atom is 0.256 e. The van der Waals surface area contributed by atoms with Gasteiger partial charge in [0.2, 0.25) is 5.91 Å². The van der Waals surface area contributed by atoms with Gasteiger partial charge in [-0.15, -0.1) is 10.2 Å². The van der Waals surface area contributed by atoms with Crippen LogP contribution < -0.4 is 5.32 Å². The molecule has 6 nitrogen and oxygen atoms in total. The molecule has 24 heavy (non-hydrogen) atoms. The molecule has 1 atom stereocenters. The van der Waals surface area contributed by atoms with Crippen molar-refractivity contribution < 1.29 is 4.79 Å². The number of rotatable bonds is 9. The van der Waals surface area contributed by atoms with Crippen LogP contribution in [0.1, 0.15) is 57.3 Å². The van der Waals surface area contributed by atoms with Crippen LogP contribution in [0.4, 0.5) is 0 Å². The minimum Gasteiger partial charge on any atom is -0.353 e. The third kappa shape index (κ3) is 5.19. The first-order chi connectivity index (χ1) is 11.5. The molecule has 1 amide bonds. The molecule has 0 radical (unpaired) electrons. The lowest BCUT2D eigenvalue weighted by atomic mass is 10.1. The lowest BCUT2D eigenvalue weighted by Gasteiger charge is -2.13. The van der Waals surface area contributed by atoms with Crippen LogP contribution in [0, 0.1) is 13.8 Å². The van der Waals surface area contributed by atoms with Crippen molar-refractivity contribution in [3.63, 3.8) is 0 Å². The second-order valence-corrected chi connectivity index (χ2v) is 7.21. The van der Waals surface area contributed by atoms with E-state index >= 15 is 0 Å². The van der Waals surface area contributed by atoms with Gasteiger partial charge in [0, 0.05) is 17.4 Å². The van der Waals surface area contributed by atoms with E-state index in [2.05, 4.69) is 34.3 Å². The number of carbonyl (C=O) groups excluding carboxylic acids is 1. The van der Waals surface area contributed by atoms with E-state index in [0.717, 1.165) is 17.8 Å². The van der Waals surface area contributed by atoms with Gasteiger partial charge in [0.25, 0.3) is 5.78 Å². The van der Waals surface area contributed by atoms with Crippen molar-refractivity contribution in [3.8, 4) is 0 Å². The van der Waals surface area contributed by atoms with E-state index in [4.69, 9.17) is 0 Å².